The van der Waals surface area contributed by atoms with E-state index in [-0.39, 0.29) is 6.03 Å². The zero-order valence-corrected chi connectivity index (χ0v) is 20.9. The Morgan fingerprint density at radius 1 is 0.892 bits per heavy atom. The number of carbonyl (C=O) groups excluding carboxylic acids is 1. The molecule has 1 unspecified atom stereocenters. The van der Waals surface area contributed by atoms with Crippen LogP contribution < -0.4 is 15.5 Å². The normalized spacial score (nSPS) is 13.8. The van der Waals surface area contributed by atoms with Crippen molar-refractivity contribution in [3.05, 3.63) is 96.6 Å². The maximum absolute atomic E-state index is 13.0. The Bertz CT molecular complexity index is 1410. The van der Waals surface area contributed by atoms with Crippen LogP contribution in [0.3, 0.4) is 0 Å². The highest BCUT2D eigenvalue weighted by molar-refractivity contribution is 6.02. The standard InChI is InChI=1S/C31H31N3O3/c1-34(31(37)33-27-16-15-23-5-2-3-6-25(23)18-27)28-8-4-7-26(19-28)24-13-11-21(12-14-24)17-29(30(35)36)32-20-22-9-10-22/h2-8,11-16,18-19,22,29,32H,9-10,17,20H2,1H3,(H,33,37)(H,35,36). The molecule has 1 aliphatic carbocycles. The van der Waals surface area contributed by atoms with Gasteiger partial charge in [0, 0.05) is 18.4 Å². The SMILES string of the molecule is CN(C(=O)Nc1ccc2ccccc2c1)c1cccc(-c2ccc(CC(NCC3CC3)C(=O)O)cc2)c1. The van der Waals surface area contributed by atoms with Crippen molar-refractivity contribution in [2.24, 2.45) is 5.92 Å². The van der Waals surface area contributed by atoms with Crippen LogP contribution in [-0.2, 0) is 11.2 Å². The molecule has 1 aliphatic rings. The number of nitrogens with one attached hydrogen (secondary N) is 2. The predicted octanol–water partition coefficient (Wildman–Crippen LogP) is 6.17. The topological polar surface area (TPSA) is 81.7 Å². The zero-order valence-electron chi connectivity index (χ0n) is 20.9. The first-order valence-corrected chi connectivity index (χ1v) is 12.7. The molecule has 1 fully saturated rings. The number of carboxylic acid groups (broad SMARTS) is 1. The molecular formula is C31H31N3O3. The molecule has 1 saturated carbocycles. The molecule has 2 amide bonds. The first-order chi connectivity index (χ1) is 18.0. The Balaban J connectivity index is 1.25. The van der Waals surface area contributed by atoms with Crippen molar-refractivity contribution >= 4 is 34.1 Å². The molecule has 188 valence electrons. The summed E-state index contributed by atoms with van der Waals surface area (Å²) in [7, 11) is 1.75. The summed E-state index contributed by atoms with van der Waals surface area (Å²) in [5.41, 5.74) is 4.48. The van der Waals surface area contributed by atoms with Gasteiger partial charge in [0.05, 0.1) is 0 Å². The first-order valence-electron chi connectivity index (χ1n) is 12.7. The number of anilines is 2. The van der Waals surface area contributed by atoms with Gasteiger partial charge >= 0.3 is 12.0 Å². The van der Waals surface area contributed by atoms with Crippen molar-refractivity contribution in [3.63, 3.8) is 0 Å². The lowest BCUT2D eigenvalue weighted by molar-refractivity contribution is -0.139. The van der Waals surface area contributed by atoms with Crippen LogP contribution in [0.15, 0.2) is 91.0 Å². The van der Waals surface area contributed by atoms with Crippen LogP contribution in [0.25, 0.3) is 21.9 Å². The number of hydrogen-bond donors (Lipinski definition) is 3. The second-order valence-electron chi connectivity index (χ2n) is 9.74. The Morgan fingerprint density at radius 3 is 2.38 bits per heavy atom. The number of aliphatic carboxylic acids is 1. The number of nitrogens with zero attached hydrogens (tertiary/aromatic N) is 1. The molecule has 6 nitrogen and oxygen atoms in total. The summed E-state index contributed by atoms with van der Waals surface area (Å²) in [6.07, 6.45) is 2.82. The quantitative estimate of drug-likeness (QED) is 0.260. The summed E-state index contributed by atoms with van der Waals surface area (Å²) in [4.78, 5) is 26.2. The van der Waals surface area contributed by atoms with Gasteiger partial charge in [-0.15, -0.1) is 0 Å². The van der Waals surface area contributed by atoms with Crippen LogP contribution in [0.2, 0.25) is 0 Å². The summed E-state index contributed by atoms with van der Waals surface area (Å²) in [6, 6.07) is 28.9. The van der Waals surface area contributed by atoms with Crippen molar-refractivity contribution in [2.45, 2.75) is 25.3 Å². The number of hydrogen-bond acceptors (Lipinski definition) is 3. The number of rotatable bonds is 9. The van der Waals surface area contributed by atoms with E-state index < -0.39 is 12.0 Å². The lowest BCUT2D eigenvalue weighted by atomic mass is 10.00. The van der Waals surface area contributed by atoms with E-state index in [0.717, 1.165) is 45.4 Å². The van der Waals surface area contributed by atoms with Crippen molar-refractivity contribution in [1.29, 1.82) is 0 Å². The van der Waals surface area contributed by atoms with Gasteiger partial charge in [-0.3, -0.25) is 9.69 Å². The smallest absolute Gasteiger partial charge is 0.326 e. The van der Waals surface area contributed by atoms with Gasteiger partial charge in [-0.2, -0.15) is 0 Å². The van der Waals surface area contributed by atoms with E-state index in [0.29, 0.717) is 12.3 Å². The summed E-state index contributed by atoms with van der Waals surface area (Å²) >= 11 is 0. The molecule has 0 saturated heterocycles. The van der Waals surface area contributed by atoms with Crippen molar-refractivity contribution in [2.75, 3.05) is 23.8 Å². The third-order valence-electron chi connectivity index (χ3n) is 6.91. The summed E-state index contributed by atoms with van der Waals surface area (Å²) in [5, 5.41) is 17.9. The van der Waals surface area contributed by atoms with Gasteiger partial charge in [-0.1, -0.05) is 66.7 Å². The third kappa shape index (κ3) is 6.16. The Morgan fingerprint density at radius 2 is 1.65 bits per heavy atom. The van der Waals surface area contributed by atoms with Crippen LogP contribution in [0.4, 0.5) is 16.2 Å². The fourth-order valence-corrected chi connectivity index (χ4v) is 4.43. The molecule has 0 radical (unpaired) electrons. The molecule has 0 heterocycles. The Hall–Kier alpha value is -4.16. The molecule has 4 aromatic rings. The van der Waals surface area contributed by atoms with E-state index in [1.165, 1.54) is 12.8 Å². The Kier molecular flexibility index (Phi) is 7.19. The summed E-state index contributed by atoms with van der Waals surface area (Å²) in [5.74, 6) is -0.188. The molecule has 0 aliphatic heterocycles. The van der Waals surface area contributed by atoms with Crippen LogP contribution in [-0.4, -0.2) is 36.7 Å². The van der Waals surface area contributed by atoms with Crippen molar-refractivity contribution < 1.29 is 14.7 Å². The molecule has 5 rings (SSSR count). The highest BCUT2D eigenvalue weighted by atomic mass is 16.4. The molecule has 37 heavy (non-hydrogen) atoms. The molecule has 3 N–H and O–H groups in total. The highest BCUT2D eigenvalue weighted by Gasteiger charge is 2.25. The number of carbonyl (C=O) groups is 2. The average Bonchev–Trinajstić information content (AvgIpc) is 3.75. The number of benzene rings is 4. The van der Waals surface area contributed by atoms with Gasteiger partial charge in [-0.25, -0.2) is 4.79 Å². The maximum atomic E-state index is 13.0. The Labute approximate surface area is 216 Å². The molecule has 0 bridgehead atoms. The number of fused-ring (bicyclic) bond motifs is 1. The minimum atomic E-state index is -0.817. The van der Waals surface area contributed by atoms with E-state index in [4.69, 9.17) is 0 Å². The van der Waals surface area contributed by atoms with Crippen molar-refractivity contribution in [3.8, 4) is 11.1 Å². The van der Waals surface area contributed by atoms with Crippen LogP contribution in [0, 0.1) is 5.92 Å². The van der Waals surface area contributed by atoms with Gasteiger partial charge < -0.3 is 15.7 Å². The molecular weight excluding hydrogens is 462 g/mol. The number of amides is 2. The van der Waals surface area contributed by atoms with E-state index in [1.807, 2.05) is 91.0 Å². The van der Waals surface area contributed by atoms with Gasteiger partial charge in [0.2, 0.25) is 0 Å². The van der Waals surface area contributed by atoms with Gasteiger partial charge in [0.1, 0.15) is 6.04 Å². The lowest BCUT2D eigenvalue weighted by Crippen LogP contribution is -2.39. The van der Waals surface area contributed by atoms with Crippen LogP contribution >= 0.6 is 0 Å². The maximum Gasteiger partial charge on any atom is 0.326 e. The lowest BCUT2D eigenvalue weighted by Gasteiger charge is -2.19. The first kappa shape index (κ1) is 24.5. The minimum absolute atomic E-state index is 0.221. The molecule has 0 aromatic heterocycles. The molecule has 1 atom stereocenters. The monoisotopic (exact) mass is 493 g/mol. The second-order valence-corrected chi connectivity index (χ2v) is 9.74. The van der Waals surface area contributed by atoms with E-state index in [9.17, 15) is 14.7 Å². The van der Waals surface area contributed by atoms with Crippen LogP contribution in [0.5, 0.6) is 0 Å². The highest BCUT2D eigenvalue weighted by Crippen LogP contribution is 2.28. The van der Waals surface area contributed by atoms with Crippen molar-refractivity contribution in [1.82, 2.24) is 5.32 Å². The van der Waals surface area contributed by atoms with Gasteiger partial charge in [0.25, 0.3) is 0 Å². The van der Waals surface area contributed by atoms with E-state index in [2.05, 4.69) is 10.6 Å². The van der Waals surface area contributed by atoms with Gasteiger partial charge in [0.15, 0.2) is 0 Å². The second kappa shape index (κ2) is 10.8. The fourth-order valence-electron chi connectivity index (χ4n) is 4.43. The fraction of sp³-hybridized carbons (Fsp3) is 0.226. The van der Waals surface area contributed by atoms with E-state index in [1.54, 1.807) is 11.9 Å². The average molecular weight is 494 g/mol. The third-order valence-corrected chi connectivity index (χ3v) is 6.91. The molecule has 0 spiro atoms. The largest absolute Gasteiger partial charge is 0.480 e. The number of carboxylic acids is 1. The molecule has 4 aromatic carbocycles. The predicted molar refractivity (Wildman–Crippen MR) is 149 cm³/mol. The number of urea groups is 1. The summed E-state index contributed by atoms with van der Waals surface area (Å²) < 4.78 is 0. The minimum Gasteiger partial charge on any atom is -0.480 e. The van der Waals surface area contributed by atoms with Crippen LogP contribution in [0.1, 0.15) is 18.4 Å². The van der Waals surface area contributed by atoms with E-state index >= 15 is 0 Å². The van der Waals surface area contributed by atoms with Gasteiger partial charge in [-0.05, 0) is 83.5 Å². The summed E-state index contributed by atoms with van der Waals surface area (Å²) in [6.45, 7) is 0.768. The zero-order chi connectivity index (χ0) is 25.8. The molecule has 6 heteroatoms.